The van der Waals surface area contributed by atoms with Crippen LogP contribution in [0.4, 0.5) is 4.39 Å². The maximum Gasteiger partial charge on any atom is 0.230 e. The van der Waals surface area contributed by atoms with Gasteiger partial charge in [-0.25, -0.2) is 4.39 Å². The quantitative estimate of drug-likeness (QED) is 0.687. The fourth-order valence-electron chi connectivity index (χ4n) is 2.27. The highest BCUT2D eigenvalue weighted by Gasteiger charge is 2.08. The van der Waals surface area contributed by atoms with E-state index in [2.05, 4.69) is 15.3 Å². The molecule has 25 heavy (non-hydrogen) atoms. The van der Waals surface area contributed by atoms with Crippen LogP contribution in [0.15, 0.2) is 72.0 Å². The first kappa shape index (κ1) is 17.1. The number of hydrogen-bond acceptors (Lipinski definition) is 4. The number of rotatable bonds is 6. The number of benzene rings is 1. The molecule has 4 nitrogen and oxygen atoms in total. The molecular formula is C19H16FN3OS. The monoisotopic (exact) mass is 353 g/mol. The summed E-state index contributed by atoms with van der Waals surface area (Å²) in [5.41, 5.74) is 2.64. The van der Waals surface area contributed by atoms with Crippen molar-refractivity contribution in [3.63, 3.8) is 0 Å². The molecule has 0 unspecified atom stereocenters. The van der Waals surface area contributed by atoms with Crippen molar-refractivity contribution >= 4 is 17.7 Å². The lowest BCUT2D eigenvalue weighted by molar-refractivity contribution is -0.118. The van der Waals surface area contributed by atoms with E-state index in [1.165, 1.54) is 23.9 Å². The molecule has 0 spiro atoms. The molecule has 3 aromatic rings. The summed E-state index contributed by atoms with van der Waals surface area (Å²) in [6.07, 6.45) is 5.18. The SMILES string of the molecule is O=C(CSc1ccc(F)cc1)NCc1cccnc1-c1cccnc1. The fourth-order valence-corrected chi connectivity index (χ4v) is 3.00. The van der Waals surface area contributed by atoms with Crippen LogP contribution >= 0.6 is 11.8 Å². The van der Waals surface area contributed by atoms with Crippen LogP contribution in [0, 0.1) is 5.82 Å². The molecule has 0 aliphatic carbocycles. The molecular weight excluding hydrogens is 337 g/mol. The van der Waals surface area contributed by atoms with Crippen LogP contribution < -0.4 is 5.32 Å². The first-order valence-electron chi connectivity index (χ1n) is 7.72. The Balaban J connectivity index is 1.58. The Morgan fingerprint density at radius 1 is 1.08 bits per heavy atom. The Bertz CT molecular complexity index is 841. The van der Waals surface area contributed by atoms with Gasteiger partial charge in [0.05, 0.1) is 11.4 Å². The minimum absolute atomic E-state index is 0.0877. The predicted molar refractivity (Wildman–Crippen MR) is 96.4 cm³/mol. The maximum absolute atomic E-state index is 12.9. The van der Waals surface area contributed by atoms with E-state index in [-0.39, 0.29) is 17.5 Å². The van der Waals surface area contributed by atoms with Crippen LogP contribution in [0.3, 0.4) is 0 Å². The Kier molecular flexibility index (Phi) is 5.74. The molecule has 1 N–H and O–H groups in total. The van der Waals surface area contributed by atoms with Gasteiger partial charge in [-0.15, -0.1) is 11.8 Å². The number of carbonyl (C=O) groups is 1. The second-order valence-corrected chi connectivity index (χ2v) is 6.32. The van der Waals surface area contributed by atoms with E-state index in [0.717, 1.165) is 21.7 Å². The van der Waals surface area contributed by atoms with Gasteiger partial charge in [-0.1, -0.05) is 6.07 Å². The molecule has 126 valence electrons. The van der Waals surface area contributed by atoms with Gasteiger partial charge in [-0.2, -0.15) is 0 Å². The van der Waals surface area contributed by atoms with Crippen LogP contribution in [-0.2, 0) is 11.3 Å². The van der Waals surface area contributed by atoms with Gasteiger partial charge in [0.2, 0.25) is 5.91 Å². The van der Waals surface area contributed by atoms with Crippen LogP contribution in [-0.4, -0.2) is 21.6 Å². The highest BCUT2D eigenvalue weighted by Crippen LogP contribution is 2.20. The molecule has 0 saturated heterocycles. The van der Waals surface area contributed by atoms with Gasteiger partial charge in [-0.05, 0) is 48.0 Å². The lowest BCUT2D eigenvalue weighted by atomic mass is 10.1. The molecule has 6 heteroatoms. The molecule has 2 aromatic heterocycles. The predicted octanol–water partition coefficient (Wildman–Crippen LogP) is 3.69. The average molecular weight is 353 g/mol. The zero-order chi connectivity index (χ0) is 17.5. The second-order valence-electron chi connectivity index (χ2n) is 5.27. The highest BCUT2D eigenvalue weighted by atomic mass is 32.2. The molecule has 0 aliphatic rings. The van der Waals surface area contributed by atoms with E-state index in [0.29, 0.717) is 6.54 Å². The molecule has 0 radical (unpaired) electrons. The molecule has 0 fully saturated rings. The number of amides is 1. The van der Waals surface area contributed by atoms with E-state index in [9.17, 15) is 9.18 Å². The van der Waals surface area contributed by atoms with Crippen LogP contribution in [0.2, 0.25) is 0 Å². The molecule has 0 bridgehead atoms. The molecule has 3 rings (SSSR count). The van der Waals surface area contributed by atoms with E-state index < -0.39 is 0 Å². The number of thioether (sulfide) groups is 1. The standard InChI is InChI=1S/C19H16FN3OS/c20-16-5-7-17(8-6-16)25-13-18(24)23-12-15-4-2-10-22-19(15)14-3-1-9-21-11-14/h1-11H,12-13H2,(H,23,24). The summed E-state index contributed by atoms with van der Waals surface area (Å²) in [6, 6.07) is 13.7. The largest absolute Gasteiger partial charge is 0.351 e. The number of hydrogen-bond donors (Lipinski definition) is 1. The molecule has 1 aromatic carbocycles. The fraction of sp³-hybridized carbons (Fsp3) is 0.105. The second kappa shape index (κ2) is 8.39. The van der Waals surface area contributed by atoms with Crippen molar-refractivity contribution in [2.75, 3.05) is 5.75 Å². The van der Waals surface area contributed by atoms with Gasteiger partial charge in [0.25, 0.3) is 0 Å². The number of halogens is 1. The van der Waals surface area contributed by atoms with Crippen LogP contribution in [0.1, 0.15) is 5.56 Å². The van der Waals surface area contributed by atoms with Crippen molar-refractivity contribution in [1.29, 1.82) is 0 Å². The summed E-state index contributed by atoms with van der Waals surface area (Å²) >= 11 is 1.37. The van der Waals surface area contributed by atoms with Crippen molar-refractivity contribution in [2.24, 2.45) is 0 Å². The van der Waals surface area contributed by atoms with Crippen LogP contribution in [0.5, 0.6) is 0 Å². The number of nitrogens with one attached hydrogen (secondary N) is 1. The smallest absolute Gasteiger partial charge is 0.230 e. The van der Waals surface area contributed by atoms with Crippen molar-refractivity contribution in [1.82, 2.24) is 15.3 Å². The van der Waals surface area contributed by atoms with E-state index in [1.807, 2.05) is 24.3 Å². The minimum Gasteiger partial charge on any atom is -0.351 e. The van der Waals surface area contributed by atoms with E-state index in [1.54, 1.807) is 30.7 Å². The minimum atomic E-state index is -0.284. The Morgan fingerprint density at radius 3 is 2.64 bits per heavy atom. The summed E-state index contributed by atoms with van der Waals surface area (Å²) < 4.78 is 12.9. The summed E-state index contributed by atoms with van der Waals surface area (Å²) in [5, 5.41) is 2.90. The number of aromatic nitrogens is 2. The first-order valence-corrected chi connectivity index (χ1v) is 8.70. The van der Waals surface area contributed by atoms with Gasteiger partial charge in [0.15, 0.2) is 0 Å². The zero-order valence-corrected chi connectivity index (χ0v) is 14.2. The van der Waals surface area contributed by atoms with Gasteiger partial charge < -0.3 is 5.32 Å². The molecule has 0 saturated carbocycles. The molecule has 0 aliphatic heterocycles. The lowest BCUT2D eigenvalue weighted by Crippen LogP contribution is -2.25. The first-order chi connectivity index (χ1) is 12.2. The van der Waals surface area contributed by atoms with Crippen molar-refractivity contribution in [3.8, 4) is 11.3 Å². The molecule has 1 amide bonds. The summed E-state index contributed by atoms with van der Waals surface area (Å²) in [5.74, 6) is -0.0997. The Labute approximate surface area is 149 Å². The van der Waals surface area contributed by atoms with Gasteiger partial charge in [-0.3, -0.25) is 14.8 Å². The highest BCUT2D eigenvalue weighted by molar-refractivity contribution is 8.00. The summed E-state index contributed by atoms with van der Waals surface area (Å²) in [6.45, 7) is 0.390. The zero-order valence-electron chi connectivity index (χ0n) is 13.4. The summed E-state index contributed by atoms with van der Waals surface area (Å²) in [4.78, 5) is 21.4. The number of carbonyl (C=O) groups excluding carboxylic acids is 1. The van der Waals surface area contributed by atoms with Crippen LogP contribution in [0.25, 0.3) is 11.3 Å². The van der Waals surface area contributed by atoms with E-state index >= 15 is 0 Å². The molecule has 0 atom stereocenters. The topological polar surface area (TPSA) is 54.9 Å². The Morgan fingerprint density at radius 2 is 1.88 bits per heavy atom. The molecule has 2 heterocycles. The third-order valence-corrected chi connectivity index (χ3v) is 4.50. The third kappa shape index (κ3) is 4.87. The van der Waals surface area contributed by atoms with Gasteiger partial charge in [0, 0.05) is 35.6 Å². The number of nitrogens with zero attached hydrogens (tertiary/aromatic N) is 2. The Hall–Kier alpha value is -2.73. The normalized spacial score (nSPS) is 10.4. The lowest BCUT2D eigenvalue weighted by Gasteiger charge is -2.10. The van der Waals surface area contributed by atoms with Gasteiger partial charge >= 0.3 is 0 Å². The van der Waals surface area contributed by atoms with Gasteiger partial charge in [0.1, 0.15) is 5.82 Å². The number of pyridine rings is 2. The maximum atomic E-state index is 12.9. The van der Waals surface area contributed by atoms with Crippen molar-refractivity contribution in [2.45, 2.75) is 11.4 Å². The van der Waals surface area contributed by atoms with Crippen molar-refractivity contribution in [3.05, 3.63) is 78.5 Å². The van der Waals surface area contributed by atoms with E-state index in [4.69, 9.17) is 0 Å². The van der Waals surface area contributed by atoms with Crippen molar-refractivity contribution < 1.29 is 9.18 Å². The average Bonchev–Trinajstić information content (AvgIpc) is 2.67. The third-order valence-electron chi connectivity index (χ3n) is 3.49. The summed E-state index contributed by atoms with van der Waals surface area (Å²) in [7, 11) is 0.